The van der Waals surface area contributed by atoms with Gasteiger partial charge in [0.1, 0.15) is 11.5 Å². The fourth-order valence-corrected chi connectivity index (χ4v) is 5.12. The first-order valence-electron chi connectivity index (χ1n) is 12.7. The molecule has 0 spiro atoms. The van der Waals surface area contributed by atoms with Crippen LogP contribution in [0.5, 0.6) is 0 Å². The van der Waals surface area contributed by atoms with Gasteiger partial charge >= 0.3 is 6.18 Å². The van der Waals surface area contributed by atoms with Crippen molar-refractivity contribution in [3.05, 3.63) is 63.0 Å². The summed E-state index contributed by atoms with van der Waals surface area (Å²) in [5.74, 6) is 0.184. The topological polar surface area (TPSA) is 100 Å². The van der Waals surface area contributed by atoms with E-state index >= 15 is 0 Å². The summed E-state index contributed by atoms with van der Waals surface area (Å²) >= 11 is 0. The first kappa shape index (κ1) is 26.1. The third-order valence-electron chi connectivity index (χ3n) is 6.95. The van der Waals surface area contributed by atoms with Gasteiger partial charge in [-0.2, -0.15) is 13.2 Å². The van der Waals surface area contributed by atoms with Crippen molar-refractivity contribution in [1.29, 1.82) is 0 Å². The van der Waals surface area contributed by atoms with Gasteiger partial charge in [0.25, 0.3) is 11.5 Å². The van der Waals surface area contributed by atoms with E-state index in [4.69, 9.17) is 4.74 Å². The number of nitrogens with one attached hydrogen (secondary N) is 2. The van der Waals surface area contributed by atoms with E-state index in [1.807, 2.05) is 13.8 Å². The van der Waals surface area contributed by atoms with E-state index in [2.05, 4.69) is 20.3 Å². The summed E-state index contributed by atoms with van der Waals surface area (Å²) in [6.07, 6.45) is -3.02. The number of H-pyrrole nitrogens is 1. The molecule has 2 fully saturated rings. The van der Waals surface area contributed by atoms with Crippen molar-refractivity contribution in [2.24, 2.45) is 0 Å². The first-order chi connectivity index (χ1) is 17.9. The molecule has 3 aromatic rings. The van der Waals surface area contributed by atoms with E-state index < -0.39 is 23.3 Å². The number of halogens is 3. The lowest BCUT2D eigenvalue weighted by Gasteiger charge is -2.35. The number of alkyl halides is 3. The van der Waals surface area contributed by atoms with Crippen LogP contribution >= 0.6 is 0 Å². The molecular weight excluding hydrogens is 499 g/mol. The van der Waals surface area contributed by atoms with Gasteiger partial charge in [-0.15, -0.1) is 0 Å². The zero-order valence-corrected chi connectivity index (χ0v) is 21.6. The third-order valence-corrected chi connectivity index (χ3v) is 6.95. The summed E-state index contributed by atoms with van der Waals surface area (Å²) in [4.78, 5) is 38.7. The number of hydrogen-bond acceptors (Lipinski definition) is 6. The molecule has 8 nitrogen and oxygen atoms in total. The molecule has 1 amide bonds. The number of anilines is 1. The lowest BCUT2D eigenvalue weighted by Crippen LogP contribution is -2.48. The predicted molar refractivity (Wildman–Crippen MR) is 136 cm³/mol. The minimum absolute atomic E-state index is 0.00974. The fourth-order valence-electron chi connectivity index (χ4n) is 5.12. The van der Waals surface area contributed by atoms with Crippen molar-refractivity contribution in [2.45, 2.75) is 70.9 Å². The van der Waals surface area contributed by atoms with Crippen LogP contribution in [0.3, 0.4) is 0 Å². The Morgan fingerprint density at radius 3 is 2.47 bits per heavy atom. The van der Waals surface area contributed by atoms with Crippen LogP contribution in [0, 0.1) is 6.92 Å². The Kier molecular flexibility index (Phi) is 6.66. The molecule has 3 heterocycles. The number of amides is 1. The Labute approximate surface area is 217 Å². The fraction of sp³-hybridized carbons (Fsp3) is 0.481. The highest BCUT2D eigenvalue weighted by Gasteiger charge is 2.36. The smallest absolute Gasteiger partial charge is 0.377 e. The van der Waals surface area contributed by atoms with E-state index in [1.54, 1.807) is 24.0 Å². The van der Waals surface area contributed by atoms with Crippen molar-refractivity contribution >= 4 is 22.5 Å². The minimum atomic E-state index is -4.64. The second kappa shape index (κ2) is 9.68. The van der Waals surface area contributed by atoms with Gasteiger partial charge in [0.15, 0.2) is 0 Å². The lowest BCUT2D eigenvalue weighted by molar-refractivity contribution is -0.138. The molecule has 1 saturated heterocycles. The van der Waals surface area contributed by atoms with E-state index in [0.29, 0.717) is 30.2 Å². The van der Waals surface area contributed by atoms with Crippen LogP contribution in [0.2, 0.25) is 0 Å². The number of morpholine rings is 1. The molecule has 1 aliphatic carbocycles. The highest BCUT2D eigenvalue weighted by molar-refractivity contribution is 5.93. The Morgan fingerprint density at radius 1 is 1.16 bits per heavy atom. The zero-order chi connectivity index (χ0) is 27.4. The highest BCUT2D eigenvalue weighted by Crippen LogP contribution is 2.44. The number of aryl methyl sites for hydroxylation is 1. The molecular formula is C27H30F3N5O3. The second-order valence-electron chi connectivity index (χ2n) is 10.3. The van der Waals surface area contributed by atoms with Gasteiger partial charge in [0.05, 0.1) is 40.1 Å². The van der Waals surface area contributed by atoms with Gasteiger partial charge in [-0.05, 0) is 70.4 Å². The standard InChI is InChI=1S/C27H30F3N5O3/c1-13-11-35(12-14(2)38-13)26(37)22-8-7-21(24(34-22)17-5-6-17)31-15(3)18-9-19-23(10-20(18)27(28,29)30)32-16(4)33-25(19)36/h7-10,13-15,17,31H,5-6,11-12H2,1-4H3,(H,32,33,36). The average molecular weight is 530 g/mol. The van der Waals surface area contributed by atoms with Crippen LogP contribution in [-0.4, -0.2) is 51.1 Å². The summed E-state index contributed by atoms with van der Waals surface area (Å²) in [6.45, 7) is 7.90. The Balaban J connectivity index is 1.48. The summed E-state index contributed by atoms with van der Waals surface area (Å²) in [5.41, 5.74) is 0.117. The van der Waals surface area contributed by atoms with E-state index in [1.165, 1.54) is 13.0 Å². The predicted octanol–water partition coefficient (Wildman–Crippen LogP) is 4.95. The van der Waals surface area contributed by atoms with Gasteiger partial charge in [-0.1, -0.05) is 0 Å². The molecule has 11 heteroatoms. The quantitative estimate of drug-likeness (QED) is 0.486. The van der Waals surface area contributed by atoms with Crippen molar-refractivity contribution in [3.63, 3.8) is 0 Å². The number of hydrogen-bond donors (Lipinski definition) is 2. The average Bonchev–Trinajstić information content (AvgIpc) is 3.67. The second-order valence-corrected chi connectivity index (χ2v) is 10.3. The number of carbonyl (C=O) groups is 1. The molecule has 202 valence electrons. The number of carbonyl (C=O) groups excluding carboxylic acids is 1. The minimum Gasteiger partial charge on any atom is -0.377 e. The molecule has 2 aliphatic rings. The van der Waals surface area contributed by atoms with Crippen molar-refractivity contribution in [3.8, 4) is 0 Å². The van der Waals surface area contributed by atoms with Crippen LogP contribution < -0.4 is 10.9 Å². The SMILES string of the molecule is Cc1nc2cc(C(F)(F)F)c(C(C)Nc3ccc(C(=O)N4CC(C)OC(C)C4)nc3C3CC3)cc2c(=O)[nH]1. The van der Waals surface area contributed by atoms with Gasteiger partial charge < -0.3 is 19.9 Å². The summed E-state index contributed by atoms with van der Waals surface area (Å²) < 4.78 is 47.9. The van der Waals surface area contributed by atoms with Crippen LogP contribution in [0.25, 0.3) is 10.9 Å². The van der Waals surface area contributed by atoms with Crippen molar-refractivity contribution in [1.82, 2.24) is 19.9 Å². The summed E-state index contributed by atoms with van der Waals surface area (Å²) in [7, 11) is 0. The Morgan fingerprint density at radius 2 is 1.84 bits per heavy atom. The maximum absolute atomic E-state index is 14.1. The molecule has 3 unspecified atom stereocenters. The molecule has 1 saturated carbocycles. The number of nitrogens with zero attached hydrogens (tertiary/aromatic N) is 3. The van der Waals surface area contributed by atoms with Crippen molar-refractivity contribution < 1.29 is 22.7 Å². The number of aromatic amines is 1. The van der Waals surface area contributed by atoms with E-state index in [0.717, 1.165) is 18.9 Å². The van der Waals surface area contributed by atoms with E-state index in [-0.39, 0.29) is 46.3 Å². The lowest BCUT2D eigenvalue weighted by atomic mass is 9.98. The summed E-state index contributed by atoms with van der Waals surface area (Å²) in [5, 5.41) is 3.26. The number of benzene rings is 1. The van der Waals surface area contributed by atoms with Gasteiger partial charge in [-0.25, -0.2) is 9.97 Å². The molecule has 5 rings (SSSR count). The van der Waals surface area contributed by atoms with Crippen LogP contribution in [0.1, 0.15) is 78.7 Å². The largest absolute Gasteiger partial charge is 0.416 e. The molecule has 0 radical (unpaired) electrons. The zero-order valence-electron chi connectivity index (χ0n) is 21.6. The van der Waals surface area contributed by atoms with Gasteiger partial charge in [0.2, 0.25) is 0 Å². The first-order valence-corrected chi connectivity index (χ1v) is 12.7. The third kappa shape index (κ3) is 5.24. The maximum atomic E-state index is 14.1. The number of rotatable bonds is 5. The van der Waals surface area contributed by atoms with Gasteiger partial charge in [-0.3, -0.25) is 9.59 Å². The van der Waals surface area contributed by atoms with Crippen LogP contribution in [-0.2, 0) is 10.9 Å². The molecule has 1 aromatic carbocycles. The molecule has 3 atom stereocenters. The normalized spacial score (nSPS) is 21.0. The van der Waals surface area contributed by atoms with Crippen LogP contribution in [0.15, 0.2) is 29.1 Å². The number of fused-ring (bicyclic) bond motifs is 1. The molecule has 1 aliphatic heterocycles. The molecule has 2 aromatic heterocycles. The highest BCUT2D eigenvalue weighted by atomic mass is 19.4. The maximum Gasteiger partial charge on any atom is 0.416 e. The number of ether oxygens (including phenoxy) is 1. The molecule has 2 N–H and O–H groups in total. The Hall–Kier alpha value is -3.47. The van der Waals surface area contributed by atoms with E-state index in [9.17, 15) is 22.8 Å². The van der Waals surface area contributed by atoms with Crippen molar-refractivity contribution in [2.75, 3.05) is 18.4 Å². The monoisotopic (exact) mass is 529 g/mol. The summed E-state index contributed by atoms with van der Waals surface area (Å²) in [6, 6.07) is 4.69. The van der Waals surface area contributed by atoms with Gasteiger partial charge in [0, 0.05) is 25.0 Å². The number of aromatic nitrogens is 3. The molecule has 0 bridgehead atoms. The number of pyridine rings is 1. The Bertz CT molecular complexity index is 1440. The van der Waals surface area contributed by atoms with Crippen LogP contribution in [0.4, 0.5) is 18.9 Å². The molecule has 38 heavy (non-hydrogen) atoms.